The van der Waals surface area contributed by atoms with Gasteiger partial charge in [0.2, 0.25) is 11.8 Å². The maximum Gasteiger partial charge on any atom is 0.245 e. The van der Waals surface area contributed by atoms with Crippen molar-refractivity contribution in [3.63, 3.8) is 0 Å². The van der Waals surface area contributed by atoms with Crippen molar-refractivity contribution >= 4 is 35.0 Å². The molecule has 2 aliphatic rings. The molecule has 4 rings (SSSR count). The smallest absolute Gasteiger partial charge is 0.245 e. The van der Waals surface area contributed by atoms with Crippen molar-refractivity contribution in [1.82, 2.24) is 15.5 Å². The Morgan fingerprint density at radius 2 is 1.62 bits per heavy atom. The third kappa shape index (κ3) is 14.7. The quantitative estimate of drug-likeness (QED) is 0.169. The van der Waals surface area contributed by atoms with Gasteiger partial charge in [-0.1, -0.05) is 62.8 Å². The summed E-state index contributed by atoms with van der Waals surface area (Å²) < 4.78 is 10.2. The number of nitrogens with one attached hydrogen (secondary N) is 2. The first-order chi connectivity index (χ1) is 22.6. The number of aryl methyl sites for hydroxylation is 1. The van der Waals surface area contributed by atoms with Gasteiger partial charge in [-0.15, -0.1) is 12.6 Å². The molecule has 0 atom stereocenters. The van der Waals surface area contributed by atoms with Crippen molar-refractivity contribution in [1.29, 1.82) is 0 Å². The molecule has 2 aliphatic carbocycles. The highest BCUT2D eigenvalue weighted by atomic mass is 32.1. The van der Waals surface area contributed by atoms with Gasteiger partial charge in [0.25, 0.3) is 0 Å². The highest BCUT2D eigenvalue weighted by Gasteiger charge is 2.25. The zero-order chi connectivity index (χ0) is 34.6. The zero-order valence-electron chi connectivity index (χ0n) is 29.9. The predicted molar refractivity (Wildman–Crippen MR) is 204 cm³/mol. The van der Waals surface area contributed by atoms with E-state index in [2.05, 4.69) is 48.4 Å². The summed E-state index contributed by atoms with van der Waals surface area (Å²) in [6.45, 7) is 3.63. The van der Waals surface area contributed by atoms with Gasteiger partial charge in [0.1, 0.15) is 12.4 Å². The maximum absolute atomic E-state index is 12.6. The van der Waals surface area contributed by atoms with Crippen LogP contribution in [0.15, 0.2) is 48.7 Å². The van der Waals surface area contributed by atoms with Gasteiger partial charge in [0.05, 0.1) is 13.7 Å². The number of amides is 2. The summed E-state index contributed by atoms with van der Waals surface area (Å²) in [6, 6.07) is 14.7. The molecular weight excluding hydrogens is 609 g/mol. The molecule has 2 aromatic rings. The van der Waals surface area contributed by atoms with Crippen LogP contribution < -0.4 is 20.3 Å². The van der Waals surface area contributed by atoms with Crippen LogP contribution in [-0.2, 0) is 14.3 Å². The van der Waals surface area contributed by atoms with Gasteiger partial charge in [-0.3, -0.25) is 9.59 Å². The van der Waals surface area contributed by atoms with E-state index < -0.39 is 0 Å². The molecule has 47 heavy (non-hydrogen) atoms. The van der Waals surface area contributed by atoms with E-state index in [-0.39, 0.29) is 27.2 Å². The lowest BCUT2D eigenvalue weighted by Gasteiger charge is -2.26. The van der Waals surface area contributed by atoms with Crippen molar-refractivity contribution in [3.05, 3.63) is 65.4 Å². The highest BCUT2D eigenvalue weighted by molar-refractivity contribution is 7.90. The van der Waals surface area contributed by atoms with Gasteiger partial charge in [-0.2, -0.15) is 0 Å². The number of carbonyl (C=O) groups is 2. The van der Waals surface area contributed by atoms with E-state index in [1.54, 1.807) is 19.1 Å². The van der Waals surface area contributed by atoms with Crippen LogP contribution in [0.5, 0.6) is 5.75 Å². The van der Waals surface area contributed by atoms with E-state index >= 15 is 0 Å². The summed E-state index contributed by atoms with van der Waals surface area (Å²) >= 11 is 4.54. The van der Waals surface area contributed by atoms with Crippen molar-refractivity contribution in [2.24, 2.45) is 5.92 Å². The Morgan fingerprint density at radius 1 is 0.957 bits per heavy atom. The van der Waals surface area contributed by atoms with Gasteiger partial charge >= 0.3 is 0 Å². The Labute approximate surface area is 293 Å². The van der Waals surface area contributed by atoms with Gasteiger partial charge in [-0.25, -0.2) is 0 Å². The second-order valence-corrected chi connectivity index (χ2v) is 13.1. The number of likely N-dealkylation sites (N-methyl/N-ethyl adjacent to an activating group) is 2. The molecule has 266 valence electrons. The largest absolute Gasteiger partial charge is 0.496 e. The Morgan fingerprint density at radius 3 is 2.19 bits per heavy atom. The monoisotopic (exact) mass is 672 g/mol. The van der Waals surface area contributed by atoms with E-state index in [0.29, 0.717) is 6.61 Å². The molecule has 2 fully saturated rings. The molecule has 2 N–H and O–H groups in total. The van der Waals surface area contributed by atoms with Crippen LogP contribution in [0.2, 0.25) is 0 Å². The SMILES string of the molecule is CN(C)/C=C(\S)c1cccc(N(C)C(=O)C2CCCCC2)c1.CNCCOCC(=O)NC.COc1ccc(C2CCCCC2)cc1C.[HH].[HH]. The zero-order valence-corrected chi connectivity index (χ0v) is 30.8. The third-order valence-electron chi connectivity index (χ3n) is 8.70. The molecule has 0 spiro atoms. The number of rotatable bonds is 11. The van der Waals surface area contributed by atoms with Gasteiger partial charge < -0.3 is 29.9 Å². The van der Waals surface area contributed by atoms with Crippen LogP contribution in [0.4, 0.5) is 5.69 Å². The second kappa shape index (κ2) is 22.5. The van der Waals surface area contributed by atoms with E-state index in [4.69, 9.17) is 9.47 Å². The minimum atomic E-state index is -0.0869. The maximum atomic E-state index is 12.6. The summed E-state index contributed by atoms with van der Waals surface area (Å²) in [6.07, 6.45) is 14.6. The van der Waals surface area contributed by atoms with E-state index in [1.807, 2.05) is 63.6 Å². The molecule has 0 heterocycles. The fourth-order valence-electron chi connectivity index (χ4n) is 5.95. The summed E-state index contributed by atoms with van der Waals surface area (Å²) in [7, 11) is 11.0. The average Bonchev–Trinajstić information content (AvgIpc) is 3.10. The number of hydrogen-bond donors (Lipinski definition) is 3. The molecule has 0 aliphatic heterocycles. The summed E-state index contributed by atoms with van der Waals surface area (Å²) in [4.78, 5) is 27.8. The molecule has 0 unspecified atom stereocenters. The predicted octanol–water partition coefficient (Wildman–Crippen LogP) is 7.53. The minimum Gasteiger partial charge on any atom is -0.496 e. The van der Waals surface area contributed by atoms with Crippen molar-refractivity contribution < 1.29 is 21.9 Å². The summed E-state index contributed by atoms with van der Waals surface area (Å²) in [5.41, 5.74) is 4.73. The Kier molecular flexibility index (Phi) is 19.3. The number of methoxy groups -OCH3 is 1. The Hall–Kier alpha value is -3.01. The Bertz CT molecular complexity index is 1250. The molecule has 0 bridgehead atoms. The number of hydrogen-bond acceptors (Lipinski definition) is 7. The van der Waals surface area contributed by atoms with E-state index in [9.17, 15) is 9.59 Å². The first-order valence-corrected chi connectivity index (χ1v) is 17.6. The van der Waals surface area contributed by atoms with Crippen molar-refractivity contribution in [2.75, 3.05) is 67.0 Å². The topological polar surface area (TPSA) is 83.1 Å². The van der Waals surface area contributed by atoms with Gasteiger partial charge in [-0.05, 0) is 80.5 Å². The molecule has 0 saturated heterocycles. The van der Waals surface area contributed by atoms with Crippen LogP contribution in [-0.4, -0.2) is 78.8 Å². The molecule has 9 heteroatoms. The standard InChI is InChI=1S/C18H26N2OS.C14H20O.C6H14N2O2.2H2/c1-19(2)13-17(22)15-10-7-11-16(12-15)20(3)18(21)14-8-5-4-6-9-14;1-11-10-13(8-9-14(11)15-2)12-6-4-3-5-7-12;1-7-3-4-10-5-6(9)8-2;;/h7,10-14,22H,4-6,8-9H2,1-3H3;8-10,12H,3-7H2,1-2H3;7H,3-5H2,1-2H3,(H,8,9);2*1H/b17-13-;;;;. The van der Waals surface area contributed by atoms with Gasteiger partial charge in [0.15, 0.2) is 0 Å². The van der Waals surface area contributed by atoms with Crippen LogP contribution >= 0.6 is 12.6 Å². The van der Waals surface area contributed by atoms with Crippen molar-refractivity contribution in [2.45, 2.75) is 77.0 Å². The fraction of sp³-hybridized carbons (Fsp3) is 0.579. The number of benzene rings is 2. The summed E-state index contributed by atoms with van der Waals surface area (Å²) in [5.74, 6) is 2.15. The second-order valence-electron chi connectivity index (χ2n) is 12.7. The molecule has 0 aromatic heterocycles. The lowest BCUT2D eigenvalue weighted by molar-refractivity contribution is -0.125. The van der Waals surface area contributed by atoms with Crippen molar-refractivity contribution in [3.8, 4) is 5.75 Å². The number of nitrogens with zero attached hydrogens (tertiary/aromatic N) is 2. The molecule has 8 nitrogen and oxygen atoms in total. The summed E-state index contributed by atoms with van der Waals surface area (Å²) in [5, 5.41) is 5.36. The Balaban J connectivity index is 0.000000746. The number of thiol groups is 1. The number of ether oxygens (including phenoxy) is 2. The first-order valence-electron chi connectivity index (χ1n) is 17.1. The lowest BCUT2D eigenvalue weighted by atomic mass is 9.83. The molecule has 2 aromatic carbocycles. The van der Waals surface area contributed by atoms with Crippen LogP contribution in [0, 0.1) is 12.8 Å². The van der Waals surface area contributed by atoms with Crippen LogP contribution in [0.25, 0.3) is 4.91 Å². The molecule has 0 radical (unpaired) electrons. The average molecular weight is 673 g/mol. The molecule has 2 saturated carbocycles. The van der Waals surface area contributed by atoms with E-state index in [0.717, 1.165) is 47.2 Å². The lowest BCUT2D eigenvalue weighted by Crippen LogP contribution is -2.33. The molecule has 2 amide bonds. The highest BCUT2D eigenvalue weighted by Crippen LogP contribution is 2.34. The molecular formula is C38H64N4O4S. The number of carbonyl (C=O) groups excluding carboxylic acids is 2. The third-order valence-corrected chi connectivity index (χ3v) is 9.07. The van der Waals surface area contributed by atoms with E-state index in [1.165, 1.54) is 62.5 Å². The first kappa shape index (κ1) is 40.2. The van der Waals surface area contributed by atoms with Crippen LogP contribution in [0.3, 0.4) is 0 Å². The fourth-order valence-corrected chi connectivity index (χ4v) is 6.32. The normalized spacial score (nSPS) is 15.4. The van der Waals surface area contributed by atoms with Crippen LogP contribution in [0.1, 0.15) is 89.7 Å². The van der Waals surface area contributed by atoms with Gasteiger partial charge in [0, 0.05) is 60.3 Å². The minimum absolute atomic E-state index is 0. The number of anilines is 1.